The van der Waals surface area contributed by atoms with Crippen LogP contribution in [0.5, 0.6) is 6.01 Å². The van der Waals surface area contributed by atoms with Gasteiger partial charge in [-0.05, 0) is 37.6 Å². The molecule has 5 heteroatoms. The topological polar surface area (TPSA) is 70.8 Å². The molecule has 1 N–H and O–H groups in total. The lowest BCUT2D eigenvalue weighted by Gasteiger charge is -2.13. The summed E-state index contributed by atoms with van der Waals surface area (Å²) in [6.45, 7) is 4.70. The number of benzene rings is 2. The van der Waals surface area contributed by atoms with Crippen LogP contribution in [0.25, 0.3) is 22.4 Å². The maximum atomic E-state index is 9.07. The molecule has 5 nitrogen and oxygen atoms in total. The van der Waals surface area contributed by atoms with E-state index >= 15 is 0 Å². The van der Waals surface area contributed by atoms with Crippen molar-refractivity contribution >= 4 is 0 Å². The first kappa shape index (κ1) is 18.1. The lowest BCUT2D eigenvalue weighted by Crippen LogP contribution is -2.16. The van der Waals surface area contributed by atoms with Crippen LogP contribution in [0.2, 0.25) is 0 Å². The highest BCUT2D eigenvalue weighted by molar-refractivity contribution is 5.80. The monoisotopic (exact) mass is 370 g/mol. The van der Waals surface area contributed by atoms with Gasteiger partial charge >= 0.3 is 6.01 Å². The number of hydrogen-bond acceptors (Lipinski definition) is 5. The lowest BCUT2D eigenvalue weighted by atomic mass is 9.99. The van der Waals surface area contributed by atoms with Crippen molar-refractivity contribution in [3.8, 4) is 34.5 Å². The highest BCUT2D eigenvalue weighted by atomic mass is 16.5. The third-order valence-electron chi connectivity index (χ3n) is 5.03. The molecule has 28 heavy (non-hydrogen) atoms. The number of hydrogen-bond donors (Lipinski definition) is 1. The molecule has 1 unspecified atom stereocenters. The molecule has 1 atom stereocenters. The molecule has 1 aliphatic rings. The van der Waals surface area contributed by atoms with E-state index in [1.165, 1.54) is 5.56 Å². The first-order chi connectivity index (χ1) is 13.7. The third-order valence-corrected chi connectivity index (χ3v) is 5.03. The van der Waals surface area contributed by atoms with Gasteiger partial charge in [0.05, 0.1) is 23.9 Å². The number of nitrogens with one attached hydrogen (secondary N) is 1. The fourth-order valence-electron chi connectivity index (χ4n) is 3.35. The number of rotatable bonds is 5. The minimum absolute atomic E-state index is 0.391. The van der Waals surface area contributed by atoms with Gasteiger partial charge in [0.25, 0.3) is 0 Å². The van der Waals surface area contributed by atoms with Gasteiger partial charge in [-0.15, -0.1) is 0 Å². The van der Waals surface area contributed by atoms with Crippen LogP contribution in [0, 0.1) is 24.2 Å². The summed E-state index contributed by atoms with van der Waals surface area (Å²) in [5, 5.41) is 12.4. The fraction of sp³-hybridized carbons (Fsp3) is 0.261. The Bertz CT molecular complexity index is 985. The van der Waals surface area contributed by atoms with E-state index in [4.69, 9.17) is 15.0 Å². The molecule has 1 saturated heterocycles. The highest BCUT2D eigenvalue weighted by Crippen LogP contribution is 2.31. The molecule has 0 spiro atoms. The summed E-state index contributed by atoms with van der Waals surface area (Å²) in [7, 11) is 0. The summed E-state index contributed by atoms with van der Waals surface area (Å²) >= 11 is 0. The molecule has 3 aromatic rings. The van der Waals surface area contributed by atoms with E-state index in [1.807, 2.05) is 18.3 Å². The van der Waals surface area contributed by atoms with E-state index in [-0.39, 0.29) is 0 Å². The molecule has 0 saturated carbocycles. The molecule has 0 amide bonds. The molecule has 1 aromatic heterocycles. The molecule has 1 fully saturated rings. The largest absolute Gasteiger partial charge is 0.463 e. The van der Waals surface area contributed by atoms with Crippen molar-refractivity contribution in [1.82, 2.24) is 15.3 Å². The second-order valence-corrected chi connectivity index (χ2v) is 7.14. The van der Waals surface area contributed by atoms with Crippen molar-refractivity contribution < 1.29 is 4.74 Å². The Kier molecular flexibility index (Phi) is 5.31. The summed E-state index contributed by atoms with van der Waals surface area (Å²) in [5.41, 5.74) is 5.57. The van der Waals surface area contributed by atoms with Crippen LogP contribution >= 0.6 is 0 Å². The molecule has 4 rings (SSSR count). The molecule has 0 aliphatic carbocycles. The summed E-state index contributed by atoms with van der Waals surface area (Å²) in [5.74, 6) is 0.499. The zero-order valence-corrected chi connectivity index (χ0v) is 15.9. The van der Waals surface area contributed by atoms with E-state index in [2.05, 4.69) is 47.6 Å². The molecule has 2 heterocycles. The van der Waals surface area contributed by atoms with Gasteiger partial charge in [0, 0.05) is 29.8 Å². The Labute approximate surface area is 165 Å². The Morgan fingerprint density at radius 1 is 1.11 bits per heavy atom. The quantitative estimate of drug-likeness (QED) is 0.736. The van der Waals surface area contributed by atoms with E-state index in [1.54, 1.807) is 12.1 Å². The van der Waals surface area contributed by atoms with Crippen molar-refractivity contribution in [3.63, 3.8) is 0 Å². The van der Waals surface area contributed by atoms with Crippen molar-refractivity contribution in [1.29, 1.82) is 5.26 Å². The maximum absolute atomic E-state index is 9.07. The van der Waals surface area contributed by atoms with Gasteiger partial charge in [0.15, 0.2) is 0 Å². The van der Waals surface area contributed by atoms with Crippen molar-refractivity contribution in [2.24, 2.45) is 5.92 Å². The summed E-state index contributed by atoms with van der Waals surface area (Å²) in [6.07, 6.45) is 2.94. The fourth-order valence-corrected chi connectivity index (χ4v) is 3.35. The van der Waals surface area contributed by atoms with Crippen LogP contribution in [-0.2, 0) is 0 Å². The minimum Gasteiger partial charge on any atom is -0.463 e. The molecule has 140 valence electrons. The van der Waals surface area contributed by atoms with Crippen molar-refractivity contribution in [3.05, 3.63) is 65.9 Å². The Morgan fingerprint density at radius 2 is 1.86 bits per heavy atom. The zero-order chi connectivity index (χ0) is 19.3. The second kappa shape index (κ2) is 8.20. The molecular weight excluding hydrogens is 348 g/mol. The second-order valence-electron chi connectivity index (χ2n) is 7.14. The van der Waals surface area contributed by atoms with E-state index in [0.717, 1.165) is 41.9 Å². The first-order valence-corrected chi connectivity index (χ1v) is 9.51. The standard InChI is InChI=1S/C23H22N4O/c1-16-2-6-19(7-3-16)21-14-26-23(28-15-18-10-11-25-13-18)27-22(21)20-8-4-17(12-24)5-9-20/h2-9,14,18,25H,10-11,13,15H2,1H3. The third kappa shape index (κ3) is 4.03. The van der Waals surface area contributed by atoms with Gasteiger partial charge in [0.1, 0.15) is 0 Å². The average molecular weight is 370 g/mol. The van der Waals surface area contributed by atoms with Crippen molar-refractivity contribution in [2.45, 2.75) is 13.3 Å². The van der Waals surface area contributed by atoms with Crippen LogP contribution in [0.1, 0.15) is 17.5 Å². The van der Waals surface area contributed by atoms with Gasteiger partial charge < -0.3 is 10.1 Å². The van der Waals surface area contributed by atoms with Crippen LogP contribution in [-0.4, -0.2) is 29.7 Å². The molecule has 0 bridgehead atoms. The predicted molar refractivity (Wildman–Crippen MR) is 109 cm³/mol. The number of nitrogens with zero attached hydrogens (tertiary/aromatic N) is 3. The van der Waals surface area contributed by atoms with Gasteiger partial charge in [-0.2, -0.15) is 10.2 Å². The zero-order valence-electron chi connectivity index (χ0n) is 15.9. The SMILES string of the molecule is Cc1ccc(-c2cnc(OCC3CCNC3)nc2-c2ccc(C#N)cc2)cc1. The first-order valence-electron chi connectivity index (χ1n) is 9.51. The van der Waals surface area contributed by atoms with Crippen LogP contribution in [0.3, 0.4) is 0 Å². The number of aryl methyl sites for hydroxylation is 1. The summed E-state index contributed by atoms with van der Waals surface area (Å²) in [6, 6.07) is 18.3. The highest BCUT2D eigenvalue weighted by Gasteiger charge is 2.17. The molecule has 1 aliphatic heterocycles. The normalized spacial score (nSPS) is 15.9. The number of nitriles is 1. The molecule has 2 aromatic carbocycles. The average Bonchev–Trinajstić information content (AvgIpc) is 3.27. The van der Waals surface area contributed by atoms with Gasteiger partial charge in [-0.25, -0.2) is 4.98 Å². The minimum atomic E-state index is 0.391. The number of aromatic nitrogens is 2. The lowest BCUT2D eigenvalue weighted by molar-refractivity contribution is 0.241. The van der Waals surface area contributed by atoms with Crippen molar-refractivity contribution in [2.75, 3.05) is 19.7 Å². The van der Waals surface area contributed by atoms with Crippen LogP contribution < -0.4 is 10.1 Å². The number of ether oxygens (including phenoxy) is 1. The smallest absolute Gasteiger partial charge is 0.316 e. The summed E-state index contributed by atoms with van der Waals surface area (Å²) < 4.78 is 5.89. The Balaban J connectivity index is 1.69. The van der Waals surface area contributed by atoms with Gasteiger partial charge in [0.2, 0.25) is 0 Å². The van der Waals surface area contributed by atoms with Crippen LogP contribution in [0.15, 0.2) is 54.7 Å². The van der Waals surface area contributed by atoms with Gasteiger partial charge in [-0.3, -0.25) is 0 Å². The Morgan fingerprint density at radius 3 is 2.54 bits per heavy atom. The van der Waals surface area contributed by atoms with Gasteiger partial charge in [-0.1, -0.05) is 42.0 Å². The molecular formula is C23H22N4O. The summed E-state index contributed by atoms with van der Waals surface area (Å²) in [4.78, 5) is 9.17. The van der Waals surface area contributed by atoms with E-state index < -0.39 is 0 Å². The van der Waals surface area contributed by atoms with E-state index in [0.29, 0.717) is 24.1 Å². The predicted octanol–water partition coefficient (Wildman–Crippen LogP) is 3.98. The Hall–Kier alpha value is -3.23. The van der Waals surface area contributed by atoms with E-state index in [9.17, 15) is 0 Å². The maximum Gasteiger partial charge on any atom is 0.316 e. The molecule has 0 radical (unpaired) electrons. The van der Waals surface area contributed by atoms with Crippen LogP contribution in [0.4, 0.5) is 0 Å².